The molecule has 0 spiro atoms. The lowest BCUT2D eigenvalue weighted by Crippen LogP contribution is -2.46. The first kappa shape index (κ1) is 20.0. The highest BCUT2D eigenvalue weighted by Gasteiger charge is 2.25. The standard InChI is InChI=1S/C20H35NO2/c1-14-9-15(2)18(16(3)10-14)23-12-17(22)11-21-20(7,8)13-19(4,5)6/h9-10,17,21-22H,11-13H2,1-8H3. The van der Waals surface area contributed by atoms with Crippen LogP contribution in [0.4, 0.5) is 0 Å². The van der Waals surface area contributed by atoms with Gasteiger partial charge in [0.25, 0.3) is 0 Å². The summed E-state index contributed by atoms with van der Waals surface area (Å²) in [6, 6.07) is 4.22. The summed E-state index contributed by atoms with van der Waals surface area (Å²) in [5.74, 6) is 0.892. The molecule has 0 radical (unpaired) electrons. The first-order valence-corrected chi connectivity index (χ1v) is 8.53. The monoisotopic (exact) mass is 321 g/mol. The summed E-state index contributed by atoms with van der Waals surface area (Å²) in [6.07, 6.45) is 0.526. The van der Waals surface area contributed by atoms with Crippen LogP contribution in [0.5, 0.6) is 5.75 Å². The quantitative estimate of drug-likeness (QED) is 0.792. The zero-order chi connectivity index (χ0) is 17.8. The highest BCUT2D eigenvalue weighted by molar-refractivity contribution is 5.42. The van der Waals surface area contributed by atoms with Crippen molar-refractivity contribution in [3.63, 3.8) is 0 Å². The lowest BCUT2D eigenvalue weighted by molar-refractivity contribution is 0.0938. The van der Waals surface area contributed by atoms with Gasteiger partial charge in [-0.15, -0.1) is 0 Å². The number of aliphatic hydroxyl groups is 1. The fraction of sp³-hybridized carbons (Fsp3) is 0.700. The van der Waals surface area contributed by atoms with Crippen LogP contribution in [0.3, 0.4) is 0 Å². The molecule has 1 atom stereocenters. The summed E-state index contributed by atoms with van der Waals surface area (Å²) in [5, 5.41) is 13.7. The van der Waals surface area contributed by atoms with Gasteiger partial charge in [0.05, 0.1) is 0 Å². The molecule has 0 aliphatic rings. The average Bonchev–Trinajstić information content (AvgIpc) is 2.32. The van der Waals surface area contributed by atoms with Gasteiger partial charge in [-0.2, -0.15) is 0 Å². The molecule has 0 aliphatic heterocycles. The van der Waals surface area contributed by atoms with Crippen molar-refractivity contribution in [3.8, 4) is 5.75 Å². The SMILES string of the molecule is Cc1cc(C)c(OCC(O)CNC(C)(C)CC(C)(C)C)c(C)c1. The normalized spacial score (nSPS) is 14.0. The molecule has 1 unspecified atom stereocenters. The van der Waals surface area contributed by atoms with Gasteiger partial charge in [0.2, 0.25) is 0 Å². The van der Waals surface area contributed by atoms with Crippen molar-refractivity contribution in [1.29, 1.82) is 0 Å². The Morgan fingerprint density at radius 2 is 1.57 bits per heavy atom. The molecular weight excluding hydrogens is 286 g/mol. The van der Waals surface area contributed by atoms with Crippen LogP contribution in [0, 0.1) is 26.2 Å². The molecule has 1 rings (SSSR count). The number of rotatable bonds is 7. The van der Waals surface area contributed by atoms with Crippen LogP contribution in [0.15, 0.2) is 12.1 Å². The van der Waals surface area contributed by atoms with E-state index in [0.717, 1.165) is 23.3 Å². The van der Waals surface area contributed by atoms with E-state index in [9.17, 15) is 5.11 Å². The van der Waals surface area contributed by atoms with Gasteiger partial charge in [-0.05, 0) is 57.6 Å². The minimum absolute atomic E-state index is 0.00504. The zero-order valence-corrected chi connectivity index (χ0v) is 16.2. The second kappa shape index (κ2) is 7.67. The van der Waals surface area contributed by atoms with E-state index in [4.69, 9.17) is 4.74 Å². The van der Waals surface area contributed by atoms with E-state index >= 15 is 0 Å². The van der Waals surface area contributed by atoms with Crippen molar-refractivity contribution in [1.82, 2.24) is 5.32 Å². The Morgan fingerprint density at radius 1 is 1.04 bits per heavy atom. The molecule has 23 heavy (non-hydrogen) atoms. The predicted octanol–water partition coefficient (Wildman–Crippen LogP) is 4.16. The number of β-amino-alcohol motifs (C(OH)–C–C–N with tert-alkyl or cyclic N) is 1. The molecule has 0 bridgehead atoms. The average molecular weight is 322 g/mol. The molecule has 0 fully saturated rings. The number of hydrogen-bond donors (Lipinski definition) is 2. The largest absolute Gasteiger partial charge is 0.490 e. The van der Waals surface area contributed by atoms with Crippen molar-refractivity contribution in [3.05, 3.63) is 28.8 Å². The number of aliphatic hydroxyl groups excluding tert-OH is 1. The number of benzene rings is 1. The fourth-order valence-electron chi connectivity index (χ4n) is 3.42. The third-order valence-electron chi connectivity index (χ3n) is 3.81. The summed E-state index contributed by atoms with van der Waals surface area (Å²) in [4.78, 5) is 0. The molecule has 1 aromatic carbocycles. The van der Waals surface area contributed by atoms with Crippen molar-refractivity contribution < 1.29 is 9.84 Å². The Balaban J connectivity index is 2.51. The minimum atomic E-state index is -0.519. The number of ether oxygens (including phenoxy) is 1. The van der Waals surface area contributed by atoms with Crippen LogP contribution in [0.1, 0.15) is 57.7 Å². The first-order valence-electron chi connectivity index (χ1n) is 8.53. The molecule has 0 aliphatic carbocycles. The van der Waals surface area contributed by atoms with Gasteiger partial charge in [-0.3, -0.25) is 0 Å². The molecule has 0 saturated heterocycles. The maximum Gasteiger partial charge on any atom is 0.125 e. The van der Waals surface area contributed by atoms with E-state index < -0.39 is 6.10 Å². The van der Waals surface area contributed by atoms with E-state index in [1.165, 1.54) is 5.56 Å². The molecule has 0 aromatic heterocycles. The van der Waals surface area contributed by atoms with E-state index in [1.807, 2.05) is 13.8 Å². The highest BCUT2D eigenvalue weighted by Crippen LogP contribution is 2.27. The second-order valence-electron chi connectivity index (χ2n) is 8.69. The minimum Gasteiger partial charge on any atom is -0.490 e. The van der Waals surface area contributed by atoms with Gasteiger partial charge in [0.1, 0.15) is 18.5 Å². The van der Waals surface area contributed by atoms with Crippen LogP contribution in [0.2, 0.25) is 0 Å². The second-order valence-corrected chi connectivity index (χ2v) is 8.69. The Morgan fingerprint density at radius 3 is 2.04 bits per heavy atom. The van der Waals surface area contributed by atoms with E-state index in [0.29, 0.717) is 13.2 Å². The molecule has 1 aromatic rings. The smallest absolute Gasteiger partial charge is 0.125 e. The molecule has 0 saturated carbocycles. The molecule has 0 amide bonds. The van der Waals surface area contributed by atoms with Crippen LogP contribution >= 0.6 is 0 Å². The van der Waals surface area contributed by atoms with Crippen molar-refractivity contribution in [2.45, 2.75) is 73.5 Å². The van der Waals surface area contributed by atoms with Crippen LogP contribution in [-0.4, -0.2) is 29.9 Å². The third kappa shape index (κ3) is 7.36. The van der Waals surface area contributed by atoms with Crippen molar-refractivity contribution in [2.75, 3.05) is 13.2 Å². The first-order chi connectivity index (χ1) is 10.4. The van der Waals surface area contributed by atoms with Gasteiger partial charge in [0.15, 0.2) is 0 Å². The summed E-state index contributed by atoms with van der Waals surface area (Å²) in [7, 11) is 0. The van der Waals surface area contributed by atoms with Gasteiger partial charge in [-0.1, -0.05) is 38.5 Å². The van der Waals surface area contributed by atoms with Gasteiger partial charge < -0.3 is 15.2 Å². The highest BCUT2D eigenvalue weighted by atomic mass is 16.5. The Labute approximate surface area is 142 Å². The Hall–Kier alpha value is -1.06. The molecule has 3 heteroatoms. The fourth-order valence-corrected chi connectivity index (χ4v) is 3.42. The maximum absolute atomic E-state index is 10.2. The van der Waals surface area contributed by atoms with Crippen molar-refractivity contribution in [2.24, 2.45) is 5.41 Å². The summed E-state index contributed by atoms with van der Waals surface area (Å²) in [5.41, 5.74) is 3.73. The zero-order valence-electron chi connectivity index (χ0n) is 16.2. The van der Waals surface area contributed by atoms with E-state index in [2.05, 4.69) is 59.0 Å². The van der Waals surface area contributed by atoms with Crippen LogP contribution < -0.4 is 10.1 Å². The van der Waals surface area contributed by atoms with Gasteiger partial charge >= 0.3 is 0 Å². The van der Waals surface area contributed by atoms with Crippen LogP contribution in [0.25, 0.3) is 0 Å². The molecular formula is C20H35NO2. The lowest BCUT2D eigenvalue weighted by Gasteiger charge is -2.34. The van der Waals surface area contributed by atoms with Crippen LogP contribution in [-0.2, 0) is 0 Å². The third-order valence-corrected chi connectivity index (χ3v) is 3.81. The number of nitrogens with one attached hydrogen (secondary N) is 1. The van der Waals surface area contributed by atoms with Gasteiger partial charge in [0, 0.05) is 12.1 Å². The van der Waals surface area contributed by atoms with Crippen molar-refractivity contribution >= 4 is 0 Å². The summed E-state index contributed by atoms with van der Waals surface area (Å²) < 4.78 is 5.86. The van der Waals surface area contributed by atoms with E-state index in [-0.39, 0.29) is 11.0 Å². The molecule has 132 valence electrons. The predicted molar refractivity (Wildman–Crippen MR) is 98.3 cm³/mol. The number of hydrogen-bond acceptors (Lipinski definition) is 3. The Kier molecular flexibility index (Phi) is 6.67. The number of aryl methyl sites for hydroxylation is 3. The lowest BCUT2D eigenvalue weighted by atomic mass is 9.82. The summed E-state index contributed by atoms with van der Waals surface area (Å²) in [6.45, 7) is 18.1. The van der Waals surface area contributed by atoms with Gasteiger partial charge in [-0.25, -0.2) is 0 Å². The molecule has 3 nitrogen and oxygen atoms in total. The molecule has 2 N–H and O–H groups in total. The Bertz CT molecular complexity index is 492. The summed E-state index contributed by atoms with van der Waals surface area (Å²) >= 11 is 0. The maximum atomic E-state index is 10.2. The topological polar surface area (TPSA) is 41.5 Å². The van der Waals surface area contributed by atoms with E-state index in [1.54, 1.807) is 0 Å². The molecule has 0 heterocycles.